The van der Waals surface area contributed by atoms with Crippen LogP contribution in [0.4, 0.5) is 5.69 Å². The first-order chi connectivity index (χ1) is 8.49. The van der Waals surface area contributed by atoms with Gasteiger partial charge in [-0.3, -0.25) is 14.9 Å². The van der Waals surface area contributed by atoms with Gasteiger partial charge in [0, 0.05) is 26.3 Å². The molecule has 0 spiro atoms. The van der Waals surface area contributed by atoms with E-state index in [0.717, 1.165) is 0 Å². The molecule has 1 aromatic heterocycles. The Labute approximate surface area is 109 Å². The molecule has 1 N–H and O–H groups in total. The Kier molecular flexibility index (Phi) is 4.99. The van der Waals surface area contributed by atoms with Gasteiger partial charge in [0.05, 0.1) is 4.92 Å². The van der Waals surface area contributed by atoms with Crippen LogP contribution in [0.1, 0.15) is 10.4 Å². The van der Waals surface area contributed by atoms with Crippen molar-refractivity contribution in [1.82, 2.24) is 15.2 Å². The molecular formula is C10H13ClN4O3. The van der Waals surface area contributed by atoms with E-state index in [-0.39, 0.29) is 10.7 Å². The van der Waals surface area contributed by atoms with E-state index < -0.39 is 16.5 Å². The Morgan fingerprint density at radius 1 is 1.67 bits per heavy atom. The number of nitrogens with one attached hydrogen (secondary N) is 1. The predicted molar refractivity (Wildman–Crippen MR) is 66.8 cm³/mol. The van der Waals surface area contributed by atoms with Crippen molar-refractivity contribution in [2.75, 3.05) is 27.2 Å². The van der Waals surface area contributed by atoms with Crippen molar-refractivity contribution in [3.63, 3.8) is 0 Å². The highest BCUT2D eigenvalue weighted by Crippen LogP contribution is 2.26. The van der Waals surface area contributed by atoms with E-state index in [9.17, 15) is 14.9 Å². The summed E-state index contributed by atoms with van der Waals surface area (Å²) < 4.78 is 0. The zero-order chi connectivity index (χ0) is 13.7. The normalized spacial score (nSPS) is 10.2. The minimum Gasteiger partial charge on any atom is -0.340 e. The summed E-state index contributed by atoms with van der Waals surface area (Å²) in [5.74, 6) is -0.457. The number of likely N-dealkylation sites (N-methyl/N-ethyl adjacent to an activating group) is 2. The smallest absolute Gasteiger partial charge is 0.319 e. The average molecular weight is 273 g/mol. The first-order valence-corrected chi connectivity index (χ1v) is 5.55. The first kappa shape index (κ1) is 14.3. The van der Waals surface area contributed by atoms with E-state index >= 15 is 0 Å². The van der Waals surface area contributed by atoms with Crippen LogP contribution in [0, 0.1) is 10.1 Å². The van der Waals surface area contributed by atoms with Gasteiger partial charge in [-0.2, -0.15) is 0 Å². The summed E-state index contributed by atoms with van der Waals surface area (Å²) in [6.45, 7) is 1.03. The number of carbonyl (C=O) groups excluding carboxylic acids is 1. The molecular weight excluding hydrogens is 260 g/mol. The van der Waals surface area contributed by atoms with Crippen LogP contribution < -0.4 is 5.32 Å². The summed E-state index contributed by atoms with van der Waals surface area (Å²) in [5.41, 5.74) is -0.515. The highest BCUT2D eigenvalue weighted by molar-refractivity contribution is 6.32. The summed E-state index contributed by atoms with van der Waals surface area (Å²) in [7, 11) is 3.32. The lowest BCUT2D eigenvalue weighted by molar-refractivity contribution is -0.385. The van der Waals surface area contributed by atoms with Crippen molar-refractivity contribution < 1.29 is 9.72 Å². The van der Waals surface area contributed by atoms with Gasteiger partial charge in [-0.05, 0) is 13.1 Å². The molecule has 1 heterocycles. The quantitative estimate of drug-likeness (QED) is 0.489. The van der Waals surface area contributed by atoms with Crippen LogP contribution in [-0.2, 0) is 0 Å². The van der Waals surface area contributed by atoms with E-state index in [0.29, 0.717) is 13.1 Å². The number of rotatable bonds is 5. The molecule has 1 rings (SSSR count). The molecule has 18 heavy (non-hydrogen) atoms. The van der Waals surface area contributed by atoms with Gasteiger partial charge < -0.3 is 10.2 Å². The van der Waals surface area contributed by atoms with Gasteiger partial charge >= 0.3 is 5.69 Å². The minimum atomic E-state index is -0.700. The minimum absolute atomic E-state index is 0.0568. The lowest BCUT2D eigenvalue weighted by atomic mass is 10.2. The number of hydrogen-bond donors (Lipinski definition) is 1. The van der Waals surface area contributed by atoms with Crippen LogP contribution in [0.3, 0.4) is 0 Å². The van der Waals surface area contributed by atoms with Crippen LogP contribution in [0.5, 0.6) is 0 Å². The standard InChI is InChI=1S/C10H13ClN4O3/c1-12-5-6-14(2)10(16)7-3-4-13-9(11)8(7)15(17)18/h3-4,12H,5-6H2,1-2H3. The van der Waals surface area contributed by atoms with Gasteiger partial charge in [-0.15, -0.1) is 0 Å². The largest absolute Gasteiger partial charge is 0.340 e. The molecule has 0 aliphatic heterocycles. The molecule has 1 aromatic rings. The molecule has 0 aliphatic rings. The maximum Gasteiger partial charge on any atom is 0.319 e. The number of pyridine rings is 1. The zero-order valence-electron chi connectivity index (χ0n) is 10.0. The van der Waals surface area contributed by atoms with Gasteiger partial charge in [0.15, 0.2) is 0 Å². The van der Waals surface area contributed by atoms with Gasteiger partial charge in [0.25, 0.3) is 5.91 Å². The molecule has 0 radical (unpaired) electrons. The fourth-order valence-electron chi connectivity index (χ4n) is 1.36. The Balaban J connectivity index is 3.05. The average Bonchev–Trinajstić information content (AvgIpc) is 2.34. The van der Waals surface area contributed by atoms with E-state index in [2.05, 4.69) is 10.3 Å². The summed E-state index contributed by atoms with van der Waals surface area (Å²) in [6.07, 6.45) is 1.27. The molecule has 0 unspecified atom stereocenters. The Hall–Kier alpha value is -1.73. The topological polar surface area (TPSA) is 88.4 Å². The Morgan fingerprint density at radius 3 is 2.89 bits per heavy atom. The molecule has 8 heteroatoms. The molecule has 0 bridgehead atoms. The van der Waals surface area contributed by atoms with Gasteiger partial charge in [0.1, 0.15) is 5.56 Å². The molecule has 7 nitrogen and oxygen atoms in total. The van der Waals surface area contributed by atoms with E-state index in [1.807, 2.05) is 0 Å². The molecule has 98 valence electrons. The van der Waals surface area contributed by atoms with Gasteiger partial charge in [0.2, 0.25) is 5.15 Å². The van der Waals surface area contributed by atoms with E-state index in [1.54, 1.807) is 14.1 Å². The number of amides is 1. The van der Waals surface area contributed by atoms with Gasteiger partial charge in [-0.1, -0.05) is 11.6 Å². The van der Waals surface area contributed by atoms with Crippen molar-refractivity contribution >= 4 is 23.2 Å². The van der Waals surface area contributed by atoms with E-state index in [1.165, 1.54) is 17.2 Å². The summed E-state index contributed by atoms with van der Waals surface area (Å²) in [6, 6.07) is 1.29. The lowest BCUT2D eigenvalue weighted by Crippen LogP contribution is -2.33. The second-order valence-electron chi connectivity index (χ2n) is 3.59. The number of nitrogens with zero attached hydrogens (tertiary/aromatic N) is 3. The second-order valence-corrected chi connectivity index (χ2v) is 3.94. The maximum absolute atomic E-state index is 12.0. The Morgan fingerprint density at radius 2 is 2.33 bits per heavy atom. The zero-order valence-corrected chi connectivity index (χ0v) is 10.8. The van der Waals surface area contributed by atoms with Crippen molar-refractivity contribution in [2.45, 2.75) is 0 Å². The summed E-state index contributed by atoms with van der Waals surface area (Å²) in [5, 5.41) is 13.5. The van der Waals surface area contributed by atoms with Crippen molar-refractivity contribution in [2.24, 2.45) is 0 Å². The monoisotopic (exact) mass is 272 g/mol. The second kappa shape index (κ2) is 6.27. The molecule has 0 saturated carbocycles. The number of nitro groups is 1. The third-order valence-corrected chi connectivity index (χ3v) is 2.61. The fraction of sp³-hybridized carbons (Fsp3) is 0.400. The van der Waals surface area contributed by atoms with Crippen molar-refractivity contribution in [3.8, 4) is 0 Å². The fourth-order valence-corrected chi connectivity index (χ4v) is 1.59. The third-order valence-electron chi connectivity index (χ3n) is 2.34. The number of halogens is 1. The van der Waals surface area contributed by atoms with Crippen LogP contribution in [0.15, 0.2) is 12.3 Å². The molecule has 1 amide bonds. The third kappa shape index (κ3) is 3.14. The van der Waals surface area contributed by atoms with Crippen LogP contribution in [-0.4, -0.2) is 47.9 Å². The lowest BCUT2D eigenvalue weighted by Gasteiger charge is -2.16. The molecule has 0 saturated heterocycles. The molecule has 0 atom stereocenters. The van der Waals surface area contributed by atoms with Crippen LogP contribution in [0.2, 0.25) is 5.15 Å². The van der Waals surface area contributed by atoms with Crippen LogP contribution in [0.25, 0.3) is 0 Å². The Bertz CT molecular complexity index is 466. The van der Waals surface area contributed by atoms with Crippen LogP contribution >= 0.6 is 11.6 Å². The van der Waals surface area contributed by atoms with Crippen molar-refractivity contribution in [1.29, 1.82) is 0 Å². The highest BCUT2D eigenvalue weighted by Gasteiger charge is 2.26. The molecule has 0 aromatic carbocycles. The molecule has 0 aliphatic carbocycles. The number of aromatic nitrogens is 1. The highest BCUT2D eigenvalue weighted by atomic mass is 35.5. The van der Waals surface area contributed by atoms with Crippen molar-refractivity contribution in [3.05, 3.63) is 33.1 Å². The van der Waals surface area contributed by atoms with Gasteiger partial charge in [-0.25, -0.2) is 4.98 Å². The van der Waals surface area contributed by atoms with E-state index in [4.69, 9.17) is 11.6 Å². The first-order valence-electron chi connectivity index (χ1n) is 5.18. The summed E-state index contributed by atoms with van der Waals surface area (Å²) >= 11 is 5.64. The summed E-state index contributed by atoms with van der Waals surface area (Å²) in [4.78, 5) is 27.2. The number of carbonyl (C=O) groups is 1. The predicted octanol–water partition coefficient (Wildman–Crippen LogP) is 0.935. The number of hydrogen-bond acceptors (Lipinski definition) is 5. The molecule has 0 fully saturated rings. The maximum atomic E-state index is 12.0. The SMILES string of the molecule is CNCCN(C)C(=O)c1ccnc(Cl)c1[N+](=O)[O-].